The number of amides is 1. The molecule has 1 amide bonds. The zero-order valence-electron chi connectivity index (χ0n) is 16.9. The van der Waals surface area contributed by atoms with E-state index in [1.807, 2.05) is 43.3 Å². The van der Waals surface area contributed by atoms with Crippen molar-refractivity contribution < 1.29 is 9.21 Å². The SMILES string of the molecule is Cc1ccc(-c2ccc(C(=O)Nc3cccc(Cl)c3N3CCN(C)CC3)o2)cc1Cl. The minimum absolute atomic E-state index is 0.228. The van der Waals surface area contributed by atoms with E-state index >= 15 is 0 Å². The summed E-state index contributed by atoms with van der Waals surface area (Å²) in [6.07, 6.45) is 0. The van der Waals surface area contributed by atoms with E-state index in [1.165, 1.54) is 0 Å². The Morgan fingerprint density at radius 1 is 1.00 bits per heavy atom. The fourth-order valence-electron chi connectivity index (χ4n) is 3.51. The lowest BCUT2D eigenvalue weighted by molar-refractivity contribution is 0.0997. The van der Waals surface area contributed by atoms with Crippen molar-refractivity contribution in [1.29, 1.82) is 0 Å². The third-order valence-electron chi connectivity index (χ3n) is 5.34. The average Bonchev–Trinajstić information content (AvgIpc) is 3.22. The van der Waals surface area contributed by atoms with E-state index in [0.29, 0.717) is 21.5 Å². The molecule has 30 heavy (non-hydrogen) atoms. The predicted octanol–water partition coefficient (Wildman–Crippen LogP) is 5.57. The Morgan fingerprint density at radius 3 is 2.50 bits per heavy atom. The van der Waals surface area contributed by atoms with Crippen LogP contribution >= 0.6 is 23.2 Å². The van der Waals surface area contributed by atoms with Crippen LogP contribution in [0.15, 0.2) is 52.9 Å². The first kappa shape index (κ1) is 20.8. The van der Waals surface area contributed by atoms with Crippen LogP contribution in [-0.4, -0.2) is 44.0 Å². The zero-order valence-corrected chi connectivity index (χ0v) is 18.4. The fraction of sp³-hybridized carbons (Fsp3) is 0.261. The van der Waals surface area contributed by atoms with Gasteiger partial charge in [-0.15, -0.1) is 0 Å². The third kappa shape index (κ3) is 4.33. The number of para-hydroxylation sites is 1. The number of benzene rings is 2. The standard InChI is InChI=1S/C23H23Cl2N3O2/c1-15-6-7-16(14-18(15)25)20-8-9-21(30-20)23(29)26-19-5-3-4-17(24)22(19)28-12-10-27(2)11-13-28/h3-9,14H,10-13H2,1-2H3,(H,26,29). The summed E-state index contributed by atoms with van der Waals surface area (Å²) in [5.74, 6) is 0.496. The minimum atomic E-state index is -0.322. The van der Waals surface area contributed by atoms with Gasteiger partial charge in [-0.25, -0.2) is 0 Å². The number of carbonyl (C=O) groups is 1. The molecule has 1 fully saturated rings. The van der Waals surface area contributed by atoms with Crippen LogP contribution in [0.2, 0.25) is 10.0 Å². The van der Waals surface area contributed by atoms with Crippen molar-refractivity contribution in [3.8, 4) is 11.3 Å². The molecule has 1 aliphatic heterocycles. The predicted molar refractivity (Wildman–Crippen MR) is 123 cm³/mol. The normalized spacial score (nSPS) is 14.7. The number of hydrogen-bond donors (Lipinski definition) is 1. The van der Waals surface area contributed by atoms with E-state index in [1.54, 1.807) is 12.1 Å². The molecule has 0 bridgehead atoms. The molecule has 5 nitrogen and oxygen atoms in total. The molecule has 1 N–H and O–H groups in total. The van der Waals surface area contributed by atoms with Crippen molar-refractivity contribution in [3.05, 3.63) is 69.9 Å². The van der Waals surface area contributed by atoms with Crippen LogP contribution in [0.3, 0.4) is 0 Å². The first-order chi connectivity index (χ1) is 14.4. The number of halogens is 2. The molecule has 1 saturated heterocycles. The highest BCUT2D eigenvalue weighted by atomic mass is 35.5. The maximum Gasteiger partial charge on any atom is 0.291 e. The second-order valence-corrected chi connectivity index (χ2v) is 8.32. The van der Waals surface area contributed by atoms with E-state index < -0.39 is 0 Å². The molecule has 1 aliphatic rings. The molecular formula is C23H23Cl2N3O2. The second-order valence-electron chi connectivity index (χ2n) is 7.51. The maximum atomic E-state index is 12.9. The number of rotatable bonds is 4. The molecule has 7 heteroatoms. The molecule has 2 aromatic carbocycles. The Labute approximate surface area is 186 Å². The van der Waals surface area contributed by atoms with Gasteiger partial charge in [-0.3, -0.25) is 4.79 Å². The van der Waals surface area contributed by atoms with Gasteiger partial charge in [0.25, 0.3) is 5.91 Å². The van der Waals surface area contributed by atoms with Crippen molar-refractivity contribution in [1.82, 2.24) is 4.90 Å². The Kier molecular flexibility index (Phi) is 6.04. The number of hydrogen-bond acceptors (Lipinski definition) is 4. The Balaban J connectivity index is 1.55. The zero-order chi connectivity index (χ0) is 21.3. The topological polar surface area (TPSA) is 48.7 Å². The van der Waals surface area contributed by atoms with E-state index in [4.69, 9.17) is 27.6 Å². The number of piperazine rings is 1. The van der Waals surface area contributed by atoms with Crippen molar-refractivity contribution in [3.63, 3.8) is 0 Å². The highest BCUT2D eigenvalue weighted by molar-refractivity contribution is 6.34. The summed E-state index contributed by atoms with van der Waals surface area (Å²) < 4.78 is 5.80. The van der Waals surface area contributed by atoms with Gasteiger partial charge in [-0.2, -0.15) is 0 Å². The molecule has 156 valence electrons. The molecule has 0 radical (unpaired) electrons. The number of likely N-dealkylation sites (N-methyl/N-ethyl adjacent to an activating group) is 1. The first-order valence-electron chi connectivity index (χ1n) is 9.82. The van der Waals surface area contributed by atoms with Gasteiger partial charge in [0.2, 0.25) is 0 Å². The van der Waals surface area contributed by atoms with Crippen LogP contribution in [0.5, 0.6) is 0 Å². The Hall–Kier alpha value is -2.47. The summed E-state index contributed by atoms with van der Waals surface area (Å²) in [7, 11) is 2.10. The largest absolute Gasteiger partial charge is 0.451 e. The van der Waals surface area contributed by atoms with E-state index in [9.17, 15) is 4.79 Å². The van der Waals surface area contributed by atoms with E-state index in [-0.39, 0.29) is 11.7 Å². The summed E-state index contributed by atoms with van der Waals surface area (Å²) in [5, 5.41) is 4.24. The van der Waals surface area contributed by atoms with Gasteiger partial charge in [0.1, 0.15) is 5.76 Å². The van der Waals surface area contributed by atoms with Crippen molar-refractivity contribution >= 4 is 40.5 Å². The lowest BCUT2D eigenvalue weighted by Crippen LogP contribution is -2.44. The molecule has 0 spiro atoms. The third-order valence-corrected chi connectivity index (χ3v) is 6.05. The van der Waals surface area contributed by atoms with Gasteiger partial charge in [0.05, 0.1) is 16.4 Å². The maximum absolute atomic E-state index is 12.9. The quantitative estimate of drug-likeness (QED) is 0.572. The van der Waals surface area contributed by atoms with Gasteiger partial charge in [-0.05, 0) is 49.9 Å². The van der Waals surface area contributed by atoms with Crippen molar-refractivity contribution in [2.45, 2.75) is 6.92 Å². The van der Waals surface area contributed by atoms with Gasteiger partial charge >= 0.3 is 0 Å². The minimum Gasteiger partial charge on any atom is -0.451 e. The fourth-order valence-corrected chi connectivity index (χ4v) is 3.99. The molecule has 0 unspecified atom stereocenters. The van der Waals surface area contributed by atoms with Gasteiger partial charge in [0.15, 0.2) is 5.76 Å². The summed E-state index contributed by atoms with van der Waals surface area (Å²) in [4.78, 5) is 17.4. The van der Waals surface area contributed by atoms with E-state index in [0.717, 1.165) is 43.0 Å². The smallest absolute Gasteiger partial charge is 0.291 e. The highest BCUT2D eigenvalue weighted by Gasteiger charge is 2.22. The number of anilines is 2. The first-order valence-corrected chi connectivity index (χ1v) is 10.6. The van der Waals surface area contributed by atoms with Crippen LogP contribution in [0.25, 0.3) is 11.3 Å². The lowest BCUT2D eigenvalue weighted by Gasteiger charge is -2.35. The molecule has 4 rings (SSSR count). The van der Waals surface area contributed by atoms with Crippen LogP contribution < -0.4 is 10.2 Å². The average molecular weight is 444 g/mol. The van der Waals surface area contributed by atoms with Crippen LogP contribution in [0, 0.1) is 6.92 Å². The summed E-state index contributed by atoms with van der Waals surface area (Å²) >= 11 is 12.7. The van der Waals surface area contributed by atoms with E-state index in [2.05, 4.69) is 22.2 Å². The number of furan rings is 1. The molecule has 1 aromatic heterocycles. The number of nitrogens with one attached hydrogen (secondary N) is 1. The van der Waals surface area contributed by atoms with Crippen LogP contribution in [0.1, 0.15) is 16.1 Å². The lowest BCUT2D eigenvalue weighted by atomic mass is 10.1. The highest BCUT2D eigenvalue weighted by Crippen LogP contribution is 2.35. The molecule has 2 heterocycles. The molecular weight excluding hydrogens is 421 g/mol. The monoisotopic (exact) mass is 443 g/mol. The van der Waals surface area contributed by atoms with Gasteiger partial charge in [-0.1, -0.05) is 41.4 Å². The summed E-state index contributed by atoms with van der Waals surface area (Å²) in [6, 6.07) is 14.7. The van der Waals surface area contributed by atoms with Crippen LogP contribution in [-0.2, 0) is 0 Å². The van der Waals surface area contributed by atoms with Gasteiger partial charge < -0.3 is 19.5 Å². The van der Waals surface area contributed by atoms with Gasteiger partial charge in [0, 0.05) is 36.8 Å². The molecule has 3 aromatic rings. The van der Waals surface area contributed by atoms with Crippen molar-refractivity contribution in [2.75, 3.05) is 43.4 Å². The Bertz CT molecular complexity index is 1070. The molecule has 0 saturated carbocycles. The number of nitrogens with zero attached hydrogens (tertiary/aromatic N) is 2. The summed E-state index contributed by atoms with van der Waals surface area (Å²) in [6.45, 7) is 5.53. The number of carbonyl (C=O) groups excluding carboxylic acids is 1. The number of aryl methyl sites for hydroxylation is 1. The van der Waals surface area contributed by atoms with Crippen LogP contribution in [0.4, 0.5) is 11.4 Å². The Morgan fingerprint density at radius 2 is 1.77 bits per heavy atom. The van der Waals surface area contributed by atoms with Crippen molar-refractivity contribution in [2.24, 2.45) is 0 Å². The summed E-state index contributed by atoms with van der Waals surface area (Å²) in [5.41, 5.74) is 3.33. The molecule has 0 aliphatic carbocycles. The second kappa shape index (κ2) is 8.72. The molecule has 0 atom stereocenters.